The van der Waals surface area contributed by atoms with Crippen LogP contribution in [-0.2, 0) is 9.53 Å². The lowest BCUT2D eigenvalue weighted by Gasteiger charge is -2.33. The van der Waals surface area contributed by atoms with Crippen LogP contribution in [0.3, 0.4) is 0 Å². The number of nitrogens with zero attached hydrogens (tertiary/aromatic N) is 1. The second-order valence-corrected chi connectivity index (χ2v) is 6.41. The Morgan fingerprint density at radius 1 is 1.38 bits per heavy atom. The highest BCUT2D eigenvalue weighted by molar-refractivity contribution is 5.95. The smallest absolute Gasteiger partial charge is 0.387 e. The molecule has 0 spiro atoms. The van der Waals surface area contributed by atoms with Crippen LogP contribution >= 0.6 is 0 Å². The van der Waals surface area contributed by atoms with Gasteiger partial charge in [0.15, 0.2) is 11.5 Å². The van der Waals surface area contributed by atoms with Gasteiger partial charge < -0.3 is 24.2 Å². The van der Waals surface area contributed by atoms with E-state index in [4.69, 9.17) is 9.47 Å². The first-order valence-corrected chi connectivity index (χ1v) is 8.10. The molecule has 0 aromatic heterocycles. The predicted octanol–water partition coefficient (Wildman–Crippen LogP) is 1.86. The van der Waals surface area contributed by atoms with Crippen LogP contribution in [0.2, 0.25) is 0 Å². The number of carboxylic acids is 1. The van der Waals surface area contributed by atoms with Crippen molar-refractivity contribution in [1.82, 2.24) is 4.90 Å². The first-order valence-electron chi connectivity index (χ1n) is 8.10. The molecule has 26 heavy (non-hydrogen) atoms. The molecule has 0 saturated carbocycles. The van der Waals surface area contributed by atoms with Crippen molar-refractivity contribution in [3.05, 3.63) is 23.8 Å². The molecule has 2 fully saturated rings. The fourth-order valence-corrected chi connectivity index (χ4v) is 3.63. The first kappa shape index (κ1) is 18.4. The number of benzene rings is 1. The van der Waals surface area contributed by atoms with E-state index >= 15 is 0 Å². The maximum absolute atomic E-state index is 12.8. The zero-order chi connectivity index (χ0) is 18.9. The van der Waals surface area contributed by atoms with E-state index in [1.165, 1.54) is 30.2 Å². The van der Waals surface area contributed by atoms with Crippen LogP contribution in [0.4, 0.5) is 8.78 Å². The minimum absolute atomic E-state index is 0.00374. The summed E-state index contributed by atoms with van der Waals surface area (Å²) < 4.78 is 39.5. The number of carboxylic acid groups (broad SMARTS) is 1. The third kappa shape index (κ3) is 3.18. The van der Waals surface area contributed by atoms with Gasteiger partial charge in [-0.2, -0.15) is 8.78 Å². The van der Waals surface area contributed by atoms with Crippen molar-refractivity contribution in [3.8, 4) is 11.5 Å². The van der Waals surface area contributed by atoms with Gasteiger partial charge in [0.1, 0.15) is 0 Å². The van der Waals surface area contributed by atoms with Gasteiger partial charge in [-0.1, -0.05) is 0 Å². The highest BCUT2D eigenvalue weighted by Crippen LogP contribution is 2.43. The lowest BCUT2D eigenvalue weighted by atomic mass is 9.74. The third-order valence-corrected chi connectivity index (χ3v) is 5.05. The summed E-state index contributed by atoms with van der Waals surface area (Å²) in [4.78, 5) is 26.1. The molecule has 1 aromatic carbocycles. The van der Waals surface area contributed by atoms with E-state index in [-0.39, 0.29) is 42.0 Å². The number of fused-ring (bicyclic) bond motifs is 1. The number of amides is 1. The maximum atomic E-state index is 12.8. The molecule has 2 saturated heterocycles. The number of halogens is 2. The summed E-state index contributed by atoms with van der Waals surface area (Å²) in [6, 6.07) is 3.90. The number of ether oxygens (including phenoxy) is 3. The molecular formula is C17H19F2NO6. The Bertz CT molecular complexity index is 712. The maximum Gasteiger partial charge on any atom is 0.387 e. The quantitative estimate of drug-likeness (QED) is 0.850. The van der Waals surface area contributed by atoms with E-state index in [0.29, 0.717) is 19.6 Å². The van der Waals surface area contributed by atoms with Gasteiger partial charge in [-0.3, -0.25) is 9.59 Å². The number of rotatable bonds is 5. The second-order valence-electron chi connectivity index (χ2n) is 6.41. The van der Waals surface area contributed by atoms with Crippen molar-refractivity contribution < 1.29 is 37.7 Å². The average molecular weight is 371 g/mol. The van der Waals surface area contributed by atoms with E-state index in [0.717, 1.165) is 0 Å². The van der Waals surface area contributed by atoms with Crippen molar-refractivity contribution in [1.29, 1.82) is 0 Å². The summed E-state index contributed by atoms with van der Waals surface area (Å²) in [6.45, 7) is -2.02. The molecule has 142 valence electrons. The van der Waals surface area contributed by atoms with Crippen molar-refractivity contribution >= 4 is 11.9 Å². The number of hydrogen-bond donors (Lipinski definition) is 1. The number of methoxy groups -OCH3 is 1. The van der Waals surface area contributed by atoms with Gasteiger partial charge in [-0.15, -0.1) is 0 Å². The molecule has 1 N–H and O–H groups in total. The molecule has 0 aliphatic carbocycles. The highest BCUT2D eigenvalue weighted by Gasteiger charge is 2.54. The van der Waals surface area contributed by atoms with Gasteiger partial charge in [0.05, 0.1) is 19.1 Å². The van der Waals surface area contributed by atoms with Crippen LogP contribution in [0, 0.1) is 11.3 Å². The third-order valence-electron chi connectivity index (χ3n) is 5.05. The van der Waals surface area contributed by atoms with Crippen LogP contribution in [0.15, 0.2) is 18.2 Å². The molecule has 1 aromatic rings. The number of likely N-dealkylation sites (tertiary alicyclic amines) is 1. The minimum Gasteiger partial charge on any atom is -0.493 e. The Labute approximate surface area is 148 Å². The number of carbonyl (C=O) groups excluding carboxylic acids is 1. The van der Waals surface area contributed by atoms with Gasteiger partial charge in [0, 0.05) is 31.2 Å². The number of carbonyl (C=O) groups is 2. The van der Waals surface area contributed by atoms with Crippen molar-refractivity contribution in [2.24, 2.45) is 11.3 Å². The summed E-state index contributed by atoms with van der Waals surface area (Å²) in [7, 11) is 1.28. The second kappa shape index (κ2) is 7.06. The lowest BCUT2D eigenvalue weighted by molar-refractivity contribution is -0.157. The monoisotopic (exact) mass is 371 g/mol. The molecule has 1 amide bonds. The normalized spacial score (nSPS) is 25.1. The summed E-state index contributed by atoms with van der Waals surface area (Å²) in [5.41, 5.74) is -0.792. The molecule has 0 radical (unpaired) electrons. The molecule has 7 nitrogen and oxygen atoms in total. The van der Waals surface area contributed by atoms with Gasteiger partial charge >= 0.3 is 12.6 Å². The molecule has 9 heteroatoms. The van der Waals surface area contributed by atoms with Gasteiger partial charge in [0.2, 0.25) is 0 Å². The Morgan fingerprint density at radius 3 is 2.77 bits per heavy atom. The molecule has 3 rings (SSSR count). The summed E-state index contributed by atoms with van der Waals surface area (Å²) >= 11 is 0. The molecular weight excluding hydrogens is 352 g/mol. The average Bonchev–Trinajstić information content (AvgIpc) is 3.02. The van der Waals surface area contributed by atoms with E-state index in [9.17, 15) is 23.5 Å². The Kier molecular flexibility index (Phi) is 4.99. The fraction of sp³-hybridized carbons (Fsp3) is 0.529. The molecule has 2 heterocycles. The van der Waals surface area contributed by atoms with Crippen molar-refractivity contribution in [3.63, 3.8) is 0 Å². The van der Waals surface area contributed by atoms with E-state index in [1.807, 2.05) is 0 Å². The molecule has 2 atom stereocenters. The fourth-order valence-electron chi connectivity index (χ4n) is 3.63. The summed E-state index contributed by atoms with van der Waals surface area (Å²) in [5.74, 6) is -1.77. The standard InChI is InChI=1S/C17H19F2NO6/c1-24-13-6-10(2-3-12(13)26-16(18)19)14(21)20-7-11-8-25-5-4-17(11,9-20)15(22)23/h2-3,6,11,16H,4-5,7-9H2,1H3,(H,22,23)/t11-,17+/m0/s1. The van der Waals surface area contributed by atoms with Gasteiger partial charge in [-0.25, -0.2) is 0 Å². The number of alkyl halides is 2. The van der Waals surface area contributed by atoms with E-state index < -0.39 is 18.0 Å². The van der Waals surface area contributed by atoms with E-state index in [1.54, 1.807) is 0 Å². The van der Waals surface area contributed by atoms with Crippen LogP contribution in [0.1, 0.15) is 16.8 Å². The van der Waals surface area contributed by atoms with Gasteiger partial charge in [0.25, 0.3) is 5.91 Å². The lowest BCUT2D eigenvalue weighted by Crippen LogP contribution is -2.45. The van der Waals surface area contributed by atoms with Crippen LogP contribution in [-0.4, -0.2) is 61.9 Å². The van der Waals surface area contributed by atoms with Gasteiger partial charge in [-0.05, 0) is 24.6 Å². The van der Waals surface area contributed by atoms with Crippen molar-refractivity contribution in [2.75, 3.05) is 33.4 Å². The Balaban J connectivity index is 1.82. The highest BCUT2D eigenvalue weighted by atomic mass is 19.3. The van der Waals surface area contributed by atoms with Crippen LogP contribution < -0.4 is 9.47 Å². The molecule has 2 aliphatic heterocycles. The molecule has 0 bridgehead atoms. The predicted molar refractivity (Wildman–Crippen MR) is 84.5 cm³/mol. The van der Waals surface area contributed by atoms with Crippen LogP contribution in [0.5, 0.6) is 11.5 Å². The molecule has 0 unspecified atom stereocenters. The Morgan fingerprint density at radius 2 is 2.15 bits per heavy atom. The van der Waals surface area contributed by atoms with Crippen molar-refractivity contribution in [2.45, 2.75) is 13.0 Å². The first-order chi connectivity index (χ1) is 12.4. The molecule has 2 aliphatic rings. The largest absolute Gasteiger partial charge is 0.493 e. The zero-order valence-electron chi connectivity index (χ0n) is 14.1. The summed E-state index contributed by atoms with van der Waals surface area (Å²) in [5, 5.41) is 9.67. The van der Waals surface area contributed by atoms with Crippen LogP contribution in [0.25, 0.3) is 0 Å². The summed E-state index contributed by atoms with van der Waals surface area (Å²) in [6.07, 6.45) is 0.348. The zero-order valence-corrected chi connectivity index (χ0v) is 14.1. The van der Waals surface area contributed by atoms with E-state index in [2.05, 4.69) is 4.74 Å². The number of aliphatic carboxylic acids is 1. The Hall–Kier alpha value is -2.42. The SMILES string of the molecule is COc1cc(C(=O)N2C[C@H]3COCC[C@@]3(C(=O)O)C2)ccc1OC(F)F. The topological polar surface area (TPSA) is 85.3 Å². The minimum atomic E-state index is -3.01. The number of hydrogen-bond acceptors (Lipinski definition) is 5.